The van der Waals surface area contributed by atoms with E-state index in [1.807, 2.05) is 13.8 Å². The molecule has 0 fully saturated rings. The minimum Gasteiger partial charge on any atom is -0.210 e. The fourth-order valence-electron chi connectivity index (χ4n) is 1.58. The van der Waals surface area contributed by atoms with Gasteiger partial charge in [0.2, 0.25) is 0 Å². The van der Waals surface area contributed by atoms with Crippen molar-refractivity contribution >= 4 is 0 Å². The van der Waals surface area contributed by atoms with Gasteiger partial charge in [0.15, 0.2) is 0 Å². The van der Waals surface area contributed by atoms with Gasteiger partial charge < -0.3 is 0 Å². The maximum absolute atomic E-state index is 4.94. The van der Waals surface area contributed by atoms with Gasteiger partial charge in [0.05, 0.1) is 0 Å². The van der Waals surface area contributed by atoms with Gasteiger partial charge in [0.1, 0.15) is 6.10 Å². The lowest BCUT2D eigenvalue weighted by Gasteiger charge is -2.26. The zero-order valence-corrected chi connectivity index (χ0v) is 8.25. The maximum Gasteiger partial charge on any atom is 0.116 e. The first kappa shape index (κ1) is 10.4. The first-order valence-electron chi connectivity index (χ1n) is 4.49. The molecule has 0 saturated carbocycles. The topological polar surface area (TPSA) is 44.5 Å². The Hall–Kier alpha value is -0.640. The molecule has 13 heavy (non-hydrogen) atoms. The zero-order chi connectivity index (χ0) is 9.84. The van der Waals surface area contributed by atoms with Crippen molar-refractivity contribution in [3.8, 4) is 0 Å². The summed E-state index contributed by atoms with van der Waals surface area (Å²) in [7, 11) is 0. The van der Waals surface area contributed by atoms with Crippen LogP contribution in [0.15, 0.2) is 23.8 Å². The number of nitrogens with two attached hydrogens (primary N) is 1. The lowest BCUT2D eigenvalue weighted by Crippen LogP contribution is -2.24. The summed E-state index contributed by atoms with van der Waals surface area (Å²) >= 11 is 0. The molecule has 1 aliphatic rings. The van der Waals surface area contributed by atoms with Gasteiger partial charge in [-0.15, -0.1) is 4.99 Å². The van der Waals surface area contributed by atoms with Gasteiger partial charge in [-0.3, -0.25) is 0 Å². The highest BCUT2D eigenvalue weighted by molar-refractivity contribution is 5.14. The van der Waals surface area contributed by atoms with E-state index in [0.29, 0.717) is 5.92 Å². The van der Waals surface area contributed by atoms with Gasteiger partial charge in [0, 0.05) is 0 Å². The smallest absolute Gasteiger partial charge is 0.116 e. The molecule has 2 N–H and O–H groups in total. The summed E-state index contributed by atoms with van der Waals surface area (Å²) in [5.74, 6) is 5.36. The fourth-order valence-corrected chi connectivity index (χ4v) is 1.58. The highest BCUT2D eigenvalue weighted by Crippen LogP contribution is 2.29. The van der Waals surface area contributed by atoms with Gasteiger partial charge >= 0.3 is 0 Å². The van der Waals surface area contributed by atoms with Crippen LogP contribution in [0.3, 0.4) is 0 Å². The molecular weight excluding hydrogens is 166 g/mol. The van der Waals surface area contributed by atoms with Crippen LogP contribution in [-0.4, -0.2) is 6.10 Å². The Bertz CT molecular complexity index is 223. The zero-order valence-electron chi connectivity index (χ0n) is 8.25. The van der Waals surface area contributed by atoms with Gasteiger partial charge in [-0.25, -0.2) is 4.89 Å². The molecule has 1 unspecified atom stereocenters. The van der Waals surface area contributed by atoms with Crippen molar-refractivity contribution < 1.29 is 9.88 Å². The van der Waals surface area contributed by atoms with Crippen molar-refractivity contribution in [3.05, 3.63) is 23.8 Å². The molecule has 0 radical (unpaired) electrons. The van der Waals surface area contributed by atoms with Crippen molar-refractivity contribution in [2.24, 2.45) is 11.8 Å². The first-order valence-corrected chi connectivity index (χ1v) is 4.49. The molecule has 0 aromatic heterocycles. The third-order valence-corrected chi connectivity index (χ3v) is 2.60. The highest BCUT2D eigenvalue weighted by Gasteiger charge is 2.23. The molecular formula is C10H17NO2. The van der Waals surface area contributed by atoms with Crippen LogP contribution in [-0.2, 0) is 9.88 Å². The third-order valence-electron chi connectivity index (χ3n) is 2.60. The van der Waals surface area contributed by atoms with Gasteiger partial charge in [-0.2, -0.15) is 5.90 Å². The summed E-state index contributed by atoms with van der Waals surface area (Å²) in [6.45, 7) is 8.01. The summed E-state index contributed by atoms with van der Waals surface area (Å²) in [6.07, 6.45) is 4.10. The van der Waals surface area contributed by atoms with E-state index in [1.54, 1.807) is 0 Å². The van der Waals surface area contributed by atoms with E-state index in [0.717, 1.165) is 12.8 Å². The van der Waals surface area contributed by atoms with Gasteiger partial charge in [-0.05, 0) is 38.2 Å². The second kappa shape index (κ2) is 4.56. The van der Waals surface area contributed by atoms with Crippen molar-refractivity contribution in [3.63, 3.8) is 0 Å². The molecule has 1 rings (SSSR count). The average molecular weight is 183 g/mol. The van der Waals surface area contributed by atoms with Crippen LogP contribution in [0.1, 0.15) is 26.7 Å². The Morgan fingerprint density at radius 2 is 2.38 bits per heavy atom. The molecule has 0 aromatic rings. The average Bonchev–Trinajstić information content (AvgIpc) is 2.08. The van der Waals surface area contributed by atoms with Crippen LogP contribution >= 0.6 is 0 Å². The Labute approximate surface area is 79.1 Å². The van der Waals surface area contributed by atoms with Crippen LogP contribution in [0.5, 0.6) is 0 Å². The minimum absolute atomic E-state index is 0.0135. The molecule has 3 nitrogen and oxygen atoms in total. The van der Waals surface area contributed by atoms with E-state index in [-0.39, 0.29) is 6.10 Å². The van der Waals surface area contributed by atoms with E-state index in [1.165, 1.54) is 11.1 Å². The lowest BCUT2D eigenvalue weighted by molar-refractivity contribution is -0.323. The SMILES string of the molecule is C=C(C)[C@H]1CC=C(C)C(OON)C1. The predicted octanol–water partition coefficient (Wildman–Crippen LogP) is 2.11. The van der Waals surface area contributed by atoms with Crippen LogP contribution in [0.4, 0.5) is 0 Å². The number of hydrogen-bond acceptors (Lipinski definition) is 3. The van der Waals surface area contributed by atoms with E-state index in [9.17, 15) is 0 Å². The molecule has 0 aromatic carbocycles. The summed E-state index contributed by atoms with van der Waals surface area (Å²) in [5, 5.41) is 0. The van der Waals surface area contributed by atoms with Crippen molar-refractivity contribution in [1.82, 2.24) is 0 Å². The Morgan fingerprint density at radius 1 is 1.69 bits per heavy atom. The molecule has 0 bridgehead atoms. The summed E-state index contributed by atoms with van der Waals surface area (Å²) in [5.41, 5.74) is 2.37. The number of hydrogen-bond donors (Lipinski definition) is 1. The quantitative estimate of drug-likeness (QED) is 0.414. The molecule has 3 heteroatoms. The fraction of sp³-hybridized carbons (Fsp3) is 0.600. The molecule has 0 spiro atoms. The maximum atomic E-state index is 4.94. The Balaban J connectivity index is 2.60. The van der Waals surface area contributed by atoms with E-state index < -0.39 is 0 Å². The van der Waals surface area contributed by atoms with E-state index in [4.69, 9.17) is 10.8 Å². The van der Waals surface area contributed by atoms with Crippen molar-refractivity contribution in [1.29, 1.82) is 0 Å². The lowest BCUT2D eigenvalue weighted by atomic mass is 9.84. The molecule has 0 heterocycles. The van der Waals surface area contributed by atoms with Crippen molar-refractivity contribution in [2.75, 3.05) is 0 Å². The second-order valence-electron chi connectivity index (χ2n) is 3.64. The monoisotopic (exact) mass is 183 g/mol. The minimum atomic E-state index is -0.0135. The molecule has 1 aliphatic carbocycles. The summed E-state index contributed by atoms with van der Waals surface area (Å²) in [6, 6.07) is 0. The standard InChI is InChI=1S/C10H17NO2/c1-7(2)9-5-4-8(3)10(6-9)12-13-11/h4,9-10H,1,5-6,11H2,2-3H3/t9-,10?/m0/s1. The van der Waals surface area contributed by atoms with Crippen LogP contribution in [0.2, 0.25) is 0 Å². The summed E-state index contributed by atoms with van der Waals surface area (Å²) in [4.78, 5) is 9.15. The molecule has 0 saturated heterocycles. The largest absolute Gasteiger partial charge is 0.210 e. The van der Waals surface area contributed by atoms with Gasteiger partial charge in [-0.1, -0.05) is 18.2 Å². The second-order valence-corrected chi connectivity index (χ2v) is 3.64. The molecule has 0 amide bonds. The molecule has 2 atom stereocenters. The number of allylic oxidation sites excluding steroid dienone is 2. The third kappa shape index (κ3) is 2.66. The van der Waals surface area contributed by atoms with Crippen LogP contribution in [0, 0.1) is 5.92 Å². The van der Waals surface area contributed by atoms with Crippen LogP contribution < -0.4 is 5.90 Å². The normalized spacial score (nSPS) is 28.4. The molecule has 74 valence electrons. The van der Waals surface area contributed by atoms with Gasteiger partial charge in [0.25, 0.3) is 0 Å². The van der Waals surface area contributed by atoms with Crippen LogP contribution in [0.25, 0.3) is 0 Å². The number of rotatable bonds is 3. The Kier molecular flexibility index (Phi) is 3.66. The Morgan fingerprint density at radius 3 is 2.92 bits per heavy atom. The van der Waals surface area contributed by atoms with E-state index in [2.05, 4.69) is 17.6 Å². The van der Waals surface area contributed by atoms with E-state index >= 15 is 0 Å². The first-order chi connectivity index (χ1) is 6.15. The van der Waals surface area contributed by atoms with Crippen molar-refractivity contribution in [2.45, 2.75) is 32.8 Å². The molecule has 0 aliphatic heterocycles. The summed E-state index contributed by atoms with van der Waals surface area (Å²) < 4.78 is 0. The predicted molar refractivity (Wildman–Crippen MR) is 51.4 cm³/mol. The highest BCUT2D eigenvalue weighted by atomic mass is 17.3.